The van der Waals surface area contributed by atoms with Crippen LogP contribution in [0, 0.1) is 6.92 Å². The van der Waals surface area contributed by atoms with Gasteiger partial charge in [-0.05, 0) is 25.0 Å². The van der Waals surface area contributed by atoms with E-state index in [2.05, 4.69) is 0 Å². The lowest BCUT2D eigenvalue weighted by molar-refractivity contribution is -0.145. The molecule has 0 aromatic heterocycles. The smallest absolute Gasteiger partial charge is 0.344 e. The Kier molecular flexibility index (Phi) is 4.69. The van der Waals surface area contributed by atoms with Crippen molar-refractivity contribution in [3.05, 3.63) is 29.3 Å². The first kappa shape index (κ1) is 13.2. The molecule has 1 atom stereocenters. The van der Waals surface area contributed by atoms with E-state index in [4.69, 9.17) is 9.84 Å². The van der Waals surface area contributed by atoms with Gasteiger partial charge in [0, 0.05) is 0 Å². The summed E-state index contributed by atoms with van der Waals surface area (Å²) in [5, 5.41) is 9.01. The fourth-order valence-corrected chi connectivity index (χ4v) is 1.57. The van der Waals surface area contributed by atoms with Gasteiger partial charge in [0.1, 0.15) is 5.75 Å². The number of aldehydes is 1. The van der Waals surface area contributed by atoms with Crippen molar-refractivity contribution in [2.24, 2.45) is 0 Å². The maximum Gasteiger partial charge on any atom is 0.344 e. The lowest BCUT2D eigenvalue weighted by Crippen LogP contribution is -2.27. The maximum absolute atomic E-state index is 11.0. The molecule has 1 unspecified atom stereocenters. The average molecular weight is 236 g/mol. The molecule has 1 rings (SSSR count). The predicted molar refractivity (Wildman–Crippen MR) is 63.5 cm³/mol. The highest BCUT2D eigenvalue weighted by Gasteiger charge is 2.20. The Morgan fingerprint density at radius 3 is 2.76 bits per heavy atom. The number of hydrogen-bond acceptors (Lipinski definition) is 3. The molecule has 0 bridgehead atoms. The van der Waals surface area contributed by atoms with Gasteiger partial charge in [0.25, 0.3) is 0 Å². The van der Waals surface area contributed by atoms with Crippen molar-refractivity contribution in [2.45, 2.75) is 32.8 Å². The normalized spacial score (nSPS) is 11.9. The Morgan fingerprint density at radius 2 is 2.24 bits per heavy atom. The molecule has 0 spiro atoms. The Hall–Kier alpha value is -1.84. The van der Waals surface area contributed by atoms with E-state index >= 15 is 0 Å². The highest BCUT2D eigenvalue weighted by molar-refractivity contribution is 5.81. The topological polar surface area (TPSA) is 63.6 Å². The van der Waals surface area contributed by atoms with Crippen LogP contribution in [0.15, 0.2) is 18.2 Å². The van der Waals surface area contributed by atoms with Gasteiger partial charge in [0.2, 0.25) is 0 Å². The highest BCUT2D eigenvalue weighted by Crippen LogP contribution is 2.24. The Labute approximate surface area is 100 Å². The van der Waals surface area contributed by atoms with Crippen LogP contribution in [0.2, 0.25) is 0 Å². The average Bonchev–Trinajstić information content (AvgIpc) is 2.30. The van der Waals surface area contributed by atoms with Gasteiger partial charge in [0.05, 0.1) is 5.56 Å². The fourth-order valence-electron chi connectivity index (χ4n) is 1.57. The second-order valence-corrected chi connectivity index (χ2v) is 3.84. The van der Waals surface area contributed by atoms with E-state index in [-0.39, 0.29) is 0 Å². The molecular weight excluding hydrogens is 220 g/mol. The zero-order valence-electron chi connectivity index (χ0n) is 9.97. The number of rotatable bonds is 6. The van der Waals surface area contributed by atoms with Crippen LogP contribution in [0.3, 0.4) is 0 Å². The molecule has 0 saturated carbocycles. The third kappa shape index (κ3) is 3.31. The van der Waals surface area contributed by atoms with Crippen molar-refractivity contribution in [3.8, 4) is 5.75 Å². The molecular formula is C13H16O4. The summed E-state index contributed by atoms with van der Waals surface area (Å²) in [5.41, 5.74) is 1.14. The number of benzene rings is 1. The SMILES string of the molecule is CCCC(Oc1c(C)cccc1C=O)C(=O)O. The van der Waals surface area contributed by atoms with Crippen molar-refractivity contribution in [1.29, 1.82) is 0 Å². The number of carboxylic acid groups (broad SMARTS) is 1. The lowest BCUT2D eigenvalue weighted by Gasteiger charge is -2.17. The van der Waals surface area contributed by atoms with E-state index in [0.717, 1.165) is 5.56 Å². The summed E-state index contributed by atoms with van der Waals surface area (Å²) < 4.78 is 5.44. The summed E-state index contributed by atoms with van der Waals surface area (Å²) in [6.45, 7) is 3.67. The monoisotopic (exact) mass is 236 g/mol. The summed E-state index contributed by atoms with van der Waals surface area (Å²) in [6.07, 6.45) is 0.897. The minimum Gasteiger partial charge on any atom is -0.479 e. The van der Waals surface area contributed by atoms with Crippen molar-refractivity contribution < 1.29 is 19.4 Å². The zero-order valence-corrected chi connectivity index (χ0v) is 9.97. The van der Waals surface area contributed by atoms with Crippen LogP contribution >= 0.6 is 0 Å². The van der Waals surface area contributed by atoms with Crippen LogP contribution in [-0.4, -0.2) is 23.5 Å². The third-order valence-corrected chi connectivity index (χ3v) is 2.46. The van der Waals surface area contributed by atoms with Crippen molar-refractivity contribution >= 4 is 12.3 Å². The zero-order chi connectivity index (χ0) is 12.8. The molecule has 92 valence electrons. The first-order chi connectivity index (χ1) is 8.10. The fraction of sp³-hybridized carbons (Fsp3) is 0.385. The Balaban J connectivity index is 2.99. The van der Waals surface area contributed by atoms with Crippen molar-refractivity contribution in [3.63, 3.8) is 0 Å². The van der Waals surface area contributed by atoms with Gasteiger partial charge < -0.3 is 9.84 Å². The van der Waals surface area contributed by atoms with Gasteiger partial charge in [-0.25, -0.2) is 4.79 Å². The molecule has 4 heteroatoms. The lowest BCUT2D eigenvalue weighted by atomic mass is 10.1. The van der Waals surface area contributed by atoms with Gasteiger partial charge >= 0.3 is 5.97 Å². The number of carbonyl (C=O) groups is 2. The van der Waals surface area contributed by atoms with E-state index in [1.807, 2.05) is 6.92 Å². The number of carboxylic acids is 1. The third-order valence-electron chi connectivity index (χ3n) is 2.46. The maximum atomic E-state index is 11.0. The molecule has 0 heterocycles. The van der Waals surface area contributed by atoms with Gasteiger partial charge in [-0.1, -0.05) is 25.5 Å². The molecule has 0 aliphatic rings. The number of hydrogen-bond donors (Lipinski definition) is 1. The quantitative estimate of drug-likeness (QED) is 0.770. The van der Waals surface area contributed by atoms with Crippen LogP contribution in [0.5, 0.6) is 5.75 Å². The Morgan fingerprint density at radius 1 is 1.53 bits per heavy atom. The summed E-state index contributed by atoms with van der Waals surface area (Å²) in [7, 11) is 0. The van der Waals surface area contributed by atoms with Gasteiger partial charge in [-0.15, -0.1) is 0 Å². The molecule has 0 amide bonds. The van der Waals surface area contributed by atoms with Crippen LogP contribution in [-0.2, 0) is 4.79 Å². The van der Waals surface area contributed by atoms with Gasteiger partial charge in [-0.3, -0.25) is 4.79 Å². The van der Waals surface area contributed by atoms with Gasteiger partial charge in [-0.2, -0.15) is 0 Å². The second kappa shape index (κ2) is 6.03. The number of carbonyl (C=O) groups excluding carboxylic acids is 1. The molecule has 1 aromatic rings. The number of aliphatic carboxylic acids is 1. The number of ether oxygens (including phenoxy) is 1. The van der Waals surface area contributed by atoms with Crippen LogP contribution in [0.1, 0.15) is 35.7 Å². The summed E-state index contributed by atoms with van der Waals surface area (Å²) in [6, 6.07) is 5.13. The van der Waals surface area contributed by atoms with Gasteiger partial charge in [0.15, 0.2) is 12.4 Å². The van der Waals surface area contributed by atoms with E-state index in [1.165, 1.54) is 0 Å². The first-order valence-corrected chi connectivity index (χ1v) is 5.54. The first-order valence-electron chi connectivity index (χ1n) is 5.54. The number of para-hydroxylation sites is 1. The summed E-state index contributed by atoms with van der Waals surface area (Å²) in [5.74, 6) is -0.643. The molecule has 17 heavy (non-hydrogen) atoms. The highest BCUT2D eigenvalue weighted by atomic mass is 16.5. The molecule has 0 aliphatic carbocycles. The molecule has 0 fully saturated rings. The largest absolute Gasteiger partial charge is 0.479 e. The summed E-state index contributed by atoms with van der Waals surface area (Å²) in [4.78, 5) is 21.9. The molecule has 0 saturated heterocycles. The molecule has 1 N–H and O–H groups in total. The second-order valence-electron chi connectivity index (χ2n) is 3.84. The van der Waals surface area contributed by atoms with Crippen LogP contribution in [0.4, 0.5) is 0 Å². The van der Waals surface area contributed by atoms with E-state index in [0.29, 0.717) is 30.4 Å². The summed E-state index contributed by atoms with van der Waals surface area (Å²) >= 11 is 0. The molecule has 1 aromatic carbocycles. The minimum absolute atomic E-state index is 0.364. The standard InChI is InChI=1S/C13H16O4/c1-3-5-11(13(15)16)17-12-9(2)6-4-7-10(12)8-14/h4,6-8,11H,3,5H2,1-2H3,(H,15,16). The van der Waals surface area contributed by atoms with Crippen LogP contribution < -0.4 is 4.74 Å². The molecule has 4 nitrogen and oxygen atoms in total. The van der Waals surface area contributed by atoms with Crippen molar-refractivity contribution in [2.75, 3.05) is 0 Å². The molecule has 0 radical (unpaired) electrons. The van der Waals surface area contributed by atoms with Crippen molar-refractivity contribution in [1.82, 2.24) is 0 Å². The van der Waals surface area contributed by atoms with E-state index < -0.39 is 12.1 Å². The molecule has 0 aliphatic heterocycles. The van der Waals surface area contributed by atoms with Crippen LogP contribution in [0.25, 0.3) is 0 Å². The van der Waals surface area contributed by atoms with E-state index in [1.54, 1.807) is 25.1 Å². The van der Waals surface area contributed by atoms with E-state index in [9.17, 15) is 9.59 Å². The predicted octanol–water partition coefficient (Wildman–Crippen LogP) is 2.44. The number of aryl methyl sites for hydroxylation is 1. The Bertz CT molecular complexity index is 412. The minimum atomic E-state index is -1.01.